The van der Waals surface area contributed by atoms with Gasteiger partial charge in [0, 0.05) is 10.2 Å². The molecular formula is C12H16BrNO2. The maximum Gasteiger partial charge on any atom is 0.326 e. The van der Waals surface area contributed by atoms with E-state index in [0.29, 0.717) is 6.42 Å². The van der Waals surface area contributed by atoms with Crippen molar-refractivity contribution in [1.29, 1.82) is 0 Å². The lowest BCUT2D eigenvalue weighted by atomic mass is 10.1. The van der Waals surface area contributed by atoms with Crippen molar-refractivity contribution in [3.05, 3.63) is 28.2 Å². The van der Waals surface area contributed by atoms with E-state index in [1.54, 1.807) is 0 Å². The van der Waals surface area contributed by atoms with E-state index in [-0.39, 0.29) is 0 Å². The molecule has 1 aromatic rings. The number of rotatable bonds is 5. The number of halogens is 1. The van der Waals surface area contributed by atoms with Gasteiger partial charge in [-0.15, -0.1) is 0 Å². The summed E-state index contributed by atoms with van der Waals surface area (Å²) in [6.07, 6.45) is 1.47. The van der Waals surface area contributed by atoms with Gasteiger partial charge in [0.1, 0.15) is 6.04 Å². The number of benzene rings is 1. The van der Waals surface area contributed by atoms with E-state index in [1.807, 2.05) is 32.0 Å². The summed E-state index contributed by atoms with van der Waals surface area (Å²) in [5.41, 5.74) is 1.96. The van der Waals surface area contributed by atoms with Gasteiger partial charge in [-0.2, -0.15) is 0 Å². The molecule has 0 fully saturated rings. The van der Waals surface area contributed by atoms with Gasteiger partial charge < -0.3 is 10.4 Å². The first-order chi connectivity index (χ1) is 7.54. The van der Waals surface area contributed by atoms with Crippen molar-refractivity contribution in [3.63, 3.8) is 0 Å². The Hall–Kier alpha value is -1.03. The minimum atomic E-state index is -0.807. The van der Waals surface area contributed by atoms with Crippen LogP contribution in [0.1, 0.15) is 25.3 Å². The highest BCUT2D eigenvalue weighted by atomic mass is 79.9. The minimum Gasteiger partial charge on any atom is -0.480 e. The predicted octanol–water partition coefficient (Wildman–Crippen LogP) is 3.42. The van der Waals surface area contributed by atoms with E-state index in [4.69, 9.17) is 5.11 Å². The largest absolute Gasteiger partial charge is 0.480 e. The molecule has 0 heterocycles. The summed E-state index contributed by atoms with van der Waals surface area (Å²) in [5, 5.41) is 12.0. The average Bonchev–Trinajstić information content (AvgIpc) is 2.22. The molecule has 0 amide bonds. The number of aliphatic carboxylic acids is 1. The van der Waals surface area contributed by atoms with Crippen LogP contribution in [0.15, 0.2) is 22.7 Å². The number of nitrogens with one attached hydrogen (secondary N) is 1. The number of carboxylic acid groups (broad SMARTS) is 1. The Morgan fingerprint density at radius 2 is 2.25 bits per heavy atom. The van der Waals surface area contributed by atoms with Crippen LogP contribution in [0, 0.1) is 6.92 Å². The zero-order valence-corrected chi connectivity index (χ0v) is 11.0. The summed E-state index contributed by atoms with van der Waals surface area (Å²) in [6.45, 7) is 3.97. The topological polar surface area (TPSA) is 49.3 Å². The summed E-state index contributed by atoms with van der Waals surface area (Å²) in [7, 11) is 0. The van der Waals surface area contributed by atoms with Crippen molar-refractivity contribution < 1.29 is 9.90 Å². The minimum absolute atomic E-state index is 0.514. The molecule has 0 aromatic heterocycles. The van der Waals surface area contributed by atoms with Crippen LogP contribution in [0.25, 0.3) is 0 Å². The molecule has 0 radical (unpaired) electrons. The lowest BCUT2D eigenvalue weighted by Crippen LogP contribution is -2.28. The van der Waals surface area contributed by atoms with E-state index in [1.165, 1.54) is 0 Å². The average molecular weight is 286 g/mol. The maximum atomic E-state index is 11.0. The molecule has 0 spiro atoms. The van der Waals surface area contributed by atoms with Crippen LogP contribution in [-0.2, 0) is 4.79 Å². The Morgan fingerprint density at radius 1 is 1.56 bits per heavy atom. The van der Waals surface area contributed by atoms with Crippen molar-refractivity contribution in [3.8, 4) is 0 Å². The van der Waals surface area contributed by atoms with E-state index >= 15 is 0 Å². The molecule has 3 nitrogen and oxygen atoms in total. The number of carbonyl (C=O) groups is 1. The van der Waals surface area contributed by atoms with Crippen molar-refractivity contribution in [1.82, 2.24) is 0 Å². The summed E-state index contributed by atoms with van der Waals surface area (Å²) >= 11 is 3.42. The van der Waals surface area contributed by atoms with Gasteiger partial charge in [0.05, 0.1) is 0 Å². The highest BCUT2D eigenvalue weighted by molar-refractivity contribution is 9.10. The van der Waals surface area contributed by atoms with Crippen molar-refractivity contribution >= 4 is 27.6 Å². The van der Waals surface area contributed by atoms with Crippen molar-refractivity contribution in [2.24, 2.45) is 0 Å². The number of hydrogen-bond acceptors (Lipinski definition) is 2. The van der Waals surface area contributed by atoms with Gasteiger partial charge in [-0.05, 0) is 31.0 Å². The van der Waals surface area contributed by atoms with Gasteiger partial charge in [0.15, 0.2) is 0 Å². The third-order valence-corrected chi connectivity index (χ3v) is 3.24. The van der Waals surface area contributed by atoms with Gasteiger partial charge >= 0.3 is 5.97 Å². The van der Waals surface area contributed by atoms with Gasteiger partial charge in [-0.25, -0.2) is 4.79 Å². The summed E-state index contributed by atoms with van der Waals surface area (Å²) in [4.78, 5) is 11.0. The van der Waals surface area contributed by atoms with Gasteiger partial charge in [0.2, 0.25) is 0 Å². The smallest absolute Gasteiger partial charge is 0.326 e. The first-order valence-corrected chi connectivity index (χ1v) is 6.09. The molecule has 1 aromatic carbocycles. The van der Waals surface area contributed by atoms with Gasteiger partial charge in [0.25, 0.3) is 0 Å². The Bertz CT molecular complexity index is 379. The van der Waals surface area contributed by atoms with Crippen LogP contribution in [-0.4, -0.2) is 17.1 Å². The molecule has 2 N–H and O–H groups in total. The lowest BCUT2D eigenvalue weighted by molar-refractivity contribution is -0.138. The first kappa shape index (κ1) is 13.0. The predicted molar refractivity (Wildman–Crippen MR) is 68.8 cm³/mol. The van der Waals surface area contributed by atoms with E-state index in [0.717, 1.165) is 22.1 Å². The molecule has 1 atom stereocenters. The molecule has 4 heteroatoms. The molecule has 0 saturated heterocycles. The number of anilines is 1. The third kappa shape index (κ3) is 3.52. The first-order valence-electron chi connectivity index (χ1n) is 5.30. The Morgan fingerprint density at radius 3 is 2.75 bits per heavy atom. The fourth-order valence-electron chi connectivity index (χ4n) is 1.43. The second kappa shape index (κ2) is 5.89. The summed E-state index contributed by atoms with van der Waals surface area (Å²) in [6, 6.07) is 5.24. The quantitative estimate of drug-likeness (QED) is 0.872. The normalized spacial score (nSPS) is 12.2. The fraction of sp³-hybridized carbons (Fsp3) is 0.417. The SMILES string of the molecule is CCCC(Nc1ccc(C)c(Br)c1)C(=O)O. The molecular weight excluding hydrogens is 270 g/mol. The zero-order valence-electron chi connectivity index (χ0n) is 9.46. The van der Waals surface area contributed by atoms with Crippen molar-refractivity contribution in [2.75, 3.05) is 5.32 Å². The summed E-state index contributed by atoms with van der Waals surface area (Å²) < 4.78 is 0.984. The lowest BCUT2D eigenvalue weighted by Gasteiger charge is -2.15. The molecule has 0 aliphatic carbocycles. The molecule has 1 unspecified atom stereocenters. The second-order valence-corrected chi connectivity index (χ2v) is 4.64. The number of carboxylic acids is 1. The molecule has 88 valence electrons. The van der Waals surface area contributed by atoms with Crippen LogP contribution in [0.5, 0.6) is 0 Å². The molecule has 0 saturated carbocycles. The molecule has 1 rings (SSSR count). The fourth-order valence-corrected chi connectivity index (χ4v) is 1.81. The highest BCUT2D eigenvalue weighted by Crippen LogP contribution is 2.21. The second-order valence-electron chi connectivity index (χ2n) is 3.79. The Labute approximate surface area is 104 Å². The standard InChI is InChI=1S/C12H16BrNO2/c1-3-4-11(12(15)16)14-9-6-5-8(2)10(13)7-9/h5-7,11,14H,3-4H2,1-2H3,(H,15,16). The zero-order chi connectivity index (χ0) is 12.1. The summed E-state index contributed by atoms with van der Waals surface area (Å²) in [5.74, 6) is -0.807. The molecule has 0 aliphatic rings. The van der Waals surface area contributed by atoms with Crippen LogP contribution in [0.3, 0.4) is 0 Å². The van der Waals surface area contributed by atoms with E-state index in [2.05, 4.69) is 21.2 Å². The van der Waals surface area contributed by atoms with Crippen LogP contribution in [0.4, 0.5) is 5.69 Å². The van der Waals surface area contributed by atoms with E-state index < -0.39 is 12.0 Å². The van der Waals surface area contributed by atoms with Crippen molar-refractivity contribution in [2.45, 2.75) is 32.7 Å². The van der Waals surface area contributed by atoms with Crippen LogP contribution < -0.4 is 5.32 Å². The Balaban J connectivity index is 2.77. The Kier molecular flexibility index (Phi) is 4.80. The maximum absolute atomic E-state index is 11.0. The monoisotopic (exact) mass is 285 g/mol. The number of aryl methyl sites for hydroxylation is 1. The molecule has 16 heavy (non-hydrogen) atoms. The molecule has 0 aliphatic heterocycles. The van der Waals surface area contributed by atoms with Gasteiger partial charge in [-0.3, -0.25) is 0 Å². The van der Waals surface area contributed by atoms with Gasteiger partial charge in [-0.1, -0.05) is 35.3 Å². The van der Waals surface area contributed by atoms with Crippen LogP contribution in [0.2, 0.25) is 0 Å². The highest BCUT2D eigenvalue weighted by Gasteiger charge is 2.15. The van der Waals surface area contributed by atoms with Crippen LogP contribution >= 0.6 is 15.9 Å². The van der Waals surface area contributed by atoms with E-state index in [9.17, 15) is 4.79 Å². The molecule has 0 bridgehead atoms. The number of hydrogen-bond donors (Lipinski definition) is 2. The third-order valence-electron chi connectivity index (χ3n) is 2.39.